The van der Waals surface area contributed by atoms with Crippen molar-refractivity contribution in [2.24, 2.45) is 40.9 Å². The highest BCUT2D eigenvalue weighted by atomic mass is 15.1. The van der Waals surface area contributed by atoms with Gasteiger partial charge in [-0.2, -0.15) is 0 Å². The van der Waals surface area contributed by atoms with Gasteiger partial charge in [0, 0.05) is 18.8 Å². The molecule has 0 amide bonds. The Bertz CT molecular complexity index is 749. The van der Waals surface area contributed by atoms with E-state index in [0.29, 0.717) is 5.41 Å². The third-order valence-corrected chi connectivity index (χ3v) is 11.6. The van der Waals surface area contributed by atoms with Crippen molar-refractivity contribution < 1.29 is 0 Å². The van der Waals surface area contributed by atoms with Gasteiger partial charge in [0.2, 0.25) is 0 Å². The Kier molecular flexibility index (Phi) is 8.20. The van der Waals surface area contributed by atoms with Crippen LogP contribution in [0.3, 0.4) is 0 Å². The lowest BCUT2D eigenvalue weighted by molar-refractivity contribution is 0.131. The average Bonchev–Trinajstić information content (AvgIpc) is 3.67. The van der Waals surface area contributed by atoms with Crippen LogP contribution >= 0.6 is 0 Å². The van der Waals surface area contributed by atoms with Gasteiger partial charge in [-0.1, -0.05) is 76.3 Å². The second-order valence-electron chi connectivity index (χ2n) is 13.9. The molecule has 1 heterocycles. The number of hydrogen-bond donors (Lipinski definition) is 0. The molecule has 0 aromatic heterocycles. The van der Waals surface area contributed by atoms with Gasteiger partial charge in [0.1, 0.15) is 0 Å². The zero-order valence-corrected chi connectivity index (χ0v) is 23.2. The molecule has 4 saturated carbocycles. The second kappa shape index (κ2) is 11.2. The Balaban J connectivity index is 1.04. The first-order valence-corrected chi connectivity index (χ1v) is 15.7. The molecule has 0 aromatic carbocycles. The maximum absolute atomic E-state index is 4.65. The van der Waals surface area contributed by atoms with Crippen LogP contribution in [-0.4, -0.2) is 18.0 Å². The molecular weight excluding hydrogens is 422 g/mol. The van der Waals surface area contributed by atoms with Gasteiger partial charge in [0.05, 0.1) is 0 Å². The second-order valence-corrected chi connectivity index (χ2v) is 13.9. The fraction of sp³-hybridized carbons (Fsp3) is 0.824. The average molecular weight is 478 g/mol. The molecule has 0 N–H and O–H groups in total. The predicted molar refractivity (Wildman–Crippen MR) is 151 cm³/mol. The van der Waals surface area contributed by atoms with Gasteiger partial charge in [0.25, 0.3) is 0 Å². The maximum atomic E-state index is 4.65. The third-order valence-electron chi connectivity index (χ3n) is 11.6. The summed E-state index contributed by atoms with van der Waals surface area (Å²) in [6.07, 6.45) is 25.5. The number of piperidine rings is 1. The molecular formula is C34H55N. The van der Waals surface area contributed by atoms with Gasteiger partial charge in [-0.15, -0.1) is 0 Å². The molecule has 5 rings (SSSR count). The van der Waals surface area contributed by atoms with Crippen LogP contribution in [0.25, 0.3) is 0 Å². The summed E-state index contributed by atoms with van der Waals surface area (Å²) in [6.45, 7) is 18.6. The monoisotopic (exact) mass is 477 g/mol. The van der Waals surface area contributed by atoms with Crippen molar-refractivity contribution >= 4 is 0 Å². The van der Waals surface area contributed by atoms with E-state index in [0.717, 1.165) is 35.5 Å². The van der Waals surface area contributed by atoms with Gasteiger partial charge >= 0.3 is 0 Å². The van der Waals surface area contributed by atoms with Crippen molar-refractivity contribution in [1.29, 1.82) is 0 Å². The molecule has 5 fully saturated rings. The minimum Gasteiger partial charge on any atom is -0.375 e. The molecule has 4 aliphatic carbocycles. The van der Waals surface area contributed by atoms with E-state index >= 15 is 0 Å². The van der Waals surface area contributed by atoms with E-state index in [1.807, 2.05) is 0 Å². The van der Waals surface area contributed by atoms with Crippen LogP contribution in [0.4, 0.5) is 0 Å². The Labute approximate surface area is 217 Å². The summed E-state index contributed by atoms with van der Waals surface area (Å²) in [5.41, 5.74) is 5.16. The molecule has 1 nitrogen and oxygen atoms in total. The first-order chi connectivity index (χ1) is 16.9. The fourth-order valence-corrected chi connectivity index (χ4v) is 8.69. The highest BCUT2D eigenvalue weighted by molar-refractivity contribution is 5.21. The standard InChI is InChI=1S/C34H55N/c1-25(29-10-6-5-7-11-29)23-28-9-8-12-33(24-28)32-15-13-31(14-16-32)27(3)35-21-17-30(18-22-35)26(2)34(4)19-20-34/h28-33H,1-3,5-24H2,4H3. The van der Waals surface area contributed by atoms with E-state index in [4.69, 9.17) is 0 Å². The van der Waals surface area contributed by atoms with Gasteiger partial charge in [-0.25, -0.2) is 0 Å². The highest BCUT2D eigenvalue weighted by Crippen LogP contribution is 2.54. The van der Waals surface area contributed by atoms with E-state index in [1.165, 1.54) is 134 Å². The molecule has 35 heavy (non-hydrogen) atoms. The van der Waals surface area contributed by atoms with Crippen molar-refractivity contribution in [1.82, 2.24) is 4.90 Å². The van der Waals surface area contributed by atoms with Crippen LogP contribution < -0.4 is 0 Å². The molecule has 1 saturated heterocycles. The molecule has 1 aliphatic heterocycles. The first kappa shape index (κ1) is 25.7. The smallest absolute Gasteiger partial charge is 0.0180 e. The van der Waals surface area contributed by atoms with Crippen LogP contribution in [0.5, 0.6) is 0 Å². The van der Waals surface area contributed by atoms with Crippen LogP contribution in [0, 0.1) is 40.9 Å². The lowest BCUT2D eigenvalue weighted by Crippen LogP contribution is -2.37. The Morgan fingerprint density at radius 3 is 2.03 bits per heavy atom. The summed E-state index contributed by atoms with van der Waals surface area (Å²) in [5.74, 6) is 5.27. The summed E-state index contributed by atoms with van der Waals surface area (Å²) in [7, 11) is 0. The maximum Gasteiger partial charge on any atom is 0.0180 e. The highest BCUT2D eigenvalue weighted by Gasteiger charge is 2.43. The summed E-state index contributed by atoms with van der Waals surface area (Å²) >= 11 is 0. The normalized spacial score (nSPS) is 34.4. The molecule has 196 valence electrons. The van der Waals surface area contributed by atoms with E-state index in [2.05, 4.69) is 31.6 Å². The quantitative estimate of drug-likeness (QED) is 0.314. The Morgan fingerprint density at radius 1 is 0.686 bits per heavy atom. The van der Waals surface area contributed by atoms with Crippen LogP contribution in [0.15, 0.2) is 36.6 Å². The summed E-state index contributed by atoms with van der Waals surface area (Å²) in [5, 5.41) is 0. The topological polar surface area (TPSA) is 3.24 Å². The van der Waals surface area contributed by atoms with Crippen molar-refractivity contribution in [3.63, 3.8) is 0 Å². The molecule has 0 spiro atoms. The third kappa shape index (κ3) is 6.13. The molecule has 2 atom stereocenters. The zero-order chi connectivity index (χ0) is 24.4. The van der Waals surface area contributed by atoms with Crippen LogP contribution in [0.2, 0.25) is 0 Å². The molecule has 2 unspecified atom stereocenters. The summed E-state index contributed by atoms with van der Waals surface area (Å²) in [4.78, 5) is 2.66. The van der Waals surface area contributed by atoms with Gasteiger partial charge in [-0.05, 0) is 118 Å². The number of allylic oxidation sites excluding steroid dienone is 3. The fourth-order valence-electron chi connectivity index (χ4n) is 8.69. The largest absolute Gasteiger partial charge is 0.375 e. The van der Waals surface area contributed by atoms with Gasteiger partial charge in [-0.3, -0.25) is 0 Å². The predicted octanol–water partition coefficient (Wildman–Crippen LogP) is 9.71. The number of likely N-dealkylation sites (tertiary alicyclic amines) is 1. The van der Waals surface area contributed by atoms with Crippen molar-refractivity contribution in [2.45, 2.75) is 122 Å². The molecule has 1 heteroatoms. The first-order valence-electron chi connectivity index (χ1n) is 15.7. The Hall–Kier alpha value is -0.980. The minimum absolute atomic E-state index is 0.490. The van der Waals surface area contributed by atoms with Crippen molar-refractivity contribution in [2.75, 3.05) is 13.1 Å². The van der Waals surface area contributed by atoms with Gasteiger partial charge in [0.15, 0.2) is 0 Å². The van der Waals surface area contributed by atoms with E-state index in [-0.39, 0.29) is 0 Å². The van der Waals surface area contributed by atoms with E-state index in [1.54, 1.807) is 11.1 Å². The number of nitrogens with zero attached hydrogens (tertiary/aromatic N) is 1. The Morgan fingerprint density at radius 2 is 1.37 bits per heavy atom. The van der Waals surface area contributed by atoms with E-state index in [9.17, 15) is 0 Å². The molecule has 0 bridgehead atoms. The summed E-state index contributed by atoms with van der Waals surface area (Å²) in [6, 6.07) is 0. The van der Waals surface area contributed by atoms with Crippen LogP contribution in [-0.2, 0) is 0 Å². The lowest BCUT2D eigenvalue weighted by Gasteiger charge is -2.43. The molecule has 0 aromatic rings. The van der Waals surface area contributed by atoms with Gasteiger partial charge < -0.3 is 4.90 Å². The summed E-state index contributed by atoms with van der Waals surface area (Å²) < 4.78 is 0. The SMILES string of the molecule is C=C(CC1CCCC(C2CCC(C(=C)N3CCC(C(=C)C4(C)CC4)CC3)CC2)C1)C1CCCCC1. The zero-order valence-electron chi connectivity index (χ0n) is 23.2. The van der Waals surface area contributed by atoms with Crippen molar-refractivity contribution in [3.8, 4) is 0 Å². The van der Waals surface area contributed by atoms with E-state index < -0.39 is 0 Å². The molecule has 5 aliphatic rings. The van der Waals surface area contributed by atoms with Crippen molar-refractivity contribution in [3.05, 3.63) is 36.6 Å². The number of rotatable bonds is 8. The molecule has 0 radical (unpaired) electrons. The lowest BCUT2D eigenvalue weighted by atomic mass is 9.67. The van der Waals surface area contributed by atoms with Crippen LogP contribution in [0.1, 0.15) is 122 Å². The number of hydrogen-bond acceptors (Lipinski definition) is 1. The minimum atomic E-state index is 0.490.